The molecule has 0 spiro atoms. The lowest BCUT2D eigenvalue weighted by atomic mass is 9.94. The van der Waals surface area contributed by atoms with E-state index >= 15 is 0 Å². The van der Waals surface area contributed by atoms with Crippen molar-refractivity contribution < 1.29 is 23.7 Å². The van der Waals surface area contributed by atoms with Gasteiger partial charge in [-0.1, -0.05) is 38.2 Å². The first-order valence-electron chi connectivity index (χ1n) is 11.3. The number of carbonyl (C=O) groups is 1. The Morgan fingerprint density at radius 2 is 1.81 bits per heavy atom. The molecular weight excluding hydrogens is 392 g/mol. The highest BCUT2D eigenvalue weighted by molar-refractivity contribution is 5.95. The normalized spacial score (nSPS) is 32.9. The number of cyclic esters (lactones) is 1. The number of benzene rings is 1. The van der Waals surface area contributed by atoms with Crippen molar-refractivity contribution in [2.45, 2.75) is 79.0 Å². The van der Waals surface area contributed by atoms with Crippen molar-refractivity contribution in [3.05, 3.63) is 47.1 Å². The molecule has 3 rings (SSSR count). The van der Waals surface area contributed by atoms with E-state index in [4.69, 9.17) is 18.9 Å². The van der Waals surface area contributed by atoms with Crippen molar-refractivity contribution in [2.24, 2.45) is 11.8 Å². The SMILES string of the molecule is CCOc1cc(C)c2c(c1)/C=C/C[C@@H]1OC(C)(C)O[C@@H]1C(C)/C=C\[C@@H](C)[C@H](C)OC2=O. The summed E-state index contributed by atoms with van der Waals surface area (Å²) in [4.78, 5) is 13.1. The molecule has 5 atom stereocenters. The number of fused-ring (bicyclic) bond motifs is 2. The topological polar surface area (TPSA) is 54.0 Å². The standard InChI is InChI=1S/C26H36O5/c1-8-28-21-14-18(4)23-20(15-21)10-9-11-22-24(31-26(6,7)30-22)17(3)13-12-16(2)19(5)29-25(23)27/h9-10,12-17,19,22,24H,8,11H2,1-7H3/b10-9+,13-12-/t16-,17?,19+,22+,24-/m1/s1. The van der Waals surface area contributed by atoms with Crippen molar-refractivity contribution >= 4 is 12.0 Å². The summed E-state index contributed by atoms with van der Waals surface area (Å²) in [6.45, 7) is 14.5. The molecule has 0 amide bonds. The molecule has 1 aromatic rings. The van der Waals surface area contributed by atoms with E-state index in [1.807, 2.05) is 52.8 Å². The minimum Gasteiger partial charge on any atom is -0.494 e. The zero-order chi connectivity index (χ0) is 22.8. The fraction of sp³-hybridized carbons (Fsp3) is 0.577. The summed E-state index contributed by atoms with van der Waals surface area (Å²) in [6.07, 6.45) is 8.62. The number of rotatable bonds is 2. The van der Waals surface area contributed by atoms with Gasteiger partial charge in [-0.25, -0.2) is 4.79 Å². The Kier molecular flexibility index (Phi) is 7.28. The van der Waals surface area contributed by atoms with Crippen LogP contribution in [0.5, 0.6) is 5.75 Å². The monoisotopic (exact) mass is 428 g/mol. The molecule has 0 aromatic heterocycles. The maximum atomic E-state index is 13.1. The number of hydrogen-bond acceptors (Lipinski definition) is 5. The van der Waals surface area contributed by atoms with Gasteiger partial charge in [-0.2, -0.15) is 0 Å². The van der Waals surface area contributed by atoms with Crippen LogP contribution in [-0.4, -0.2) is 36.7 Å². The van der Waals surface area contributed by atoms with Crippen LogP contribution in [0.1, 0.15) is 69.4 Å². The lowest BCUT2D eigenvalue weighted by Crippen LogP contribution is -2.29. The number of ether oxygens (including phenoxy) is 4. The minimum atomic E-state index is -0.617. The predicted octanol–water partition coefficient (Wildman–Crippen LogP) is 5.70. The molecule has 1 fully saturated rings. The molecule has 2 heterocycles. The summed E-state index contributed by atoms with van der Waals surface area (Å²) in [5.74, 6) is 0.0679. The summed E-state index contributed by atoms with van der Waals surface area (Å²) in [7, 11) is 0. The smallest absolute Gasteiger partial charge is 0.339 e. The van der Waals surface area contributed by atoms with Gasteiger partial charge in [0.2, 0.25) is 0 Å². The molecule has 1 saturated heterocycles. The lowest BCUT2D eigenvalue weighted by molar-refractivity contribution is -0.148. The molecule has 0 radical (unpaired) electrons. The number of esters is 1. The first-order valence-corrected chi connectivity index (χ1v) is 11.3. The van der Waals surface area contributed by atoms with Crippen molar-refractivity contribution in [2.75, 3.05) is 6.61 Å². The summed E-state index contributed by atoms with van der Waals surface area (Å²) in [5.41, 5.74) is 2.21. The Morgan fingerprint density at radius 1 is 1.10 bits per heavy atom. The Balaban J connectivity index is 2.03. The zero-order valence-electron chi connectivity index (χ0n) is 19.8. The Bertz CT molecular complexity index is 854. The second-order valence-corrected chi connectivity index (χ2v) is 9.13. The number of carbonyl (C=O) groups excluding carboxylic acids is 1. The van der Waals surface area contributed by atoms with Crippen LogP contribution < -0.4 is 4.74 Å². The van der Waals surface area contributed by atoms with Gasteiger partial charge in [0.1, 0.15) is 11.9 Å². The number of hydrogen-bond donors (Lipinski definition) is 0. The average Bonchev–Trinajstić information content (AvgIpc) is 2.99. The van der Waals surface area contributed by atoms with Crippen LogP contribution in [0, 0.1) is 18.8 Å². The summed E-state index contributed by atoms with van der Waals surface area (Å²) >= 11 is 0. The van der Waals surface area contributed by atoms with Crippen molar-refractivity contribution in [3.63, 3.8) is 0 Å². The number of aryl methyl sites for hydroxylation is 1. The van der Waals surface area contributed by atoms with E-state index in [-0.39, 0.29) is 36.1 Å². The van der Waals surface area contributed by atoms with E-state index in [0.717, 1.165) is 16.9 Å². The molecule has 0 saturated carbocycles. The molecule has 0 N–H and O–H groups in total. The van der Waals surface area contributed by atoms with Crippen molar-refractivity contribution in [1.29, 1.82) is 0 Å². The molecule has 1 aromatic carbocycles. The Morgan fingerprint density at radius 3 is 2.52 bits per heavy atom. The van der Waals surface area contributed by atoms with Crippen LogP contribution in [0.25, 0.3) is 6.08 Å². The fourth-order valence-corrected chi connectivity index (χ4v) is 4.21. The predicted molar refractivity (Wildman–Crippen MR) is 122 cm³/mol. The first-order chi connectivity index (χ1) is 14.6. The molecule has 2 aliphatic heterocycles. The summed E-state index contributed by atoms with van der Waals surface area (Å²) in [6, 6.07) is 3.79. The van der Waals surface area contributed by atoms with E-state index in [2.05, 4.69) is 32.1 Å². The van der Waals surface area contributed by atoms with Crippen molar-refractivity contribution in [3.8, 4) is 5.75 Å². The molecule has 0 bridgehead atoms. The fourth-order valence-electron chi connectivity index (χ4n) is 4.21. The summed E-state index contributed by atoms with van der Waals surface area (Å²) in [5, 5.41) is 0. The van der Waals surface area contributed by atoms with Gasteiger partial charge in [0.05, 0.1) is 24.4 Å². The molecule has 1 unspecified atom stereocenters. The van der Waals surface area contributed by atoms with E-state index < -0.39 is 5.79 Å². The lowest BCUT2D eigenvalue weighted by Gasteiger charge is -2.23. The van der Waals surface area contributed by atoms with Gasteiger partial charge in [0.15, 0.2) is 5.79 Å². The van der Waals surface area contributed by atoms with E-state index in [9.17, 15) is 4.79 Å². The van der Waals surface area contributed by atoms with E-state index in [1.54, 1.807) is 0 Å². The third kappa shape index (κ3) is 5.58. The van der Waals surface area contributed by atoms with Gasteiger partial charge in [-0.05, 0) is 64.3 Å². The molecule has 0 aliphatic carbocycles. The van der Waals surface area contributed by atoms with E-state index in [0.29, 0.717) is 18.6 Å². The van der Waals surface area contributed by atoms with Crippen LogP contribution in [0.3, 0.4) is 0 Å². The second-order valence-electron chi connectivity index (χ2n) is 9.13. The minimum absolute atomic E-state index is 0.0418. The van der Waals surface area contributed by atoms with Crippen LogP contribution >= 0.6 is 0 Å². The van der Waals surface area contributed by atoms with Gasteiger partial charge >= 0.3 is 5.97 Å². The molecule has 170 valence electrons. The van der Waals surface area contributed by atoms with Gasteiger partial charge < -0.3 is 18.9 Å². The maximum Gasteiger partial charge on any atom is 0.339 e. The zero-order valence-corrected chi connectivity index (χ0v) is 19.8. The molecule has 31 heavy (non-hydrogen) atoms. The average molecular weight is 429 g/mol. The molecule has 2 aliphatic rings. The third-order valence-electron chi connectivity index (χ3n) is 6.01. The third-order valence-corrected chi connectivity index (χ3v) is 6.01. The van der Waals surface area contributed by atoms with E-state index in [1.165, 1.54) is 0 Å². The summed E-state index contributed by atoms with van der Waals surface area (Å²) < 4.78 is 24.0. The van der Waals surface area contributed by atoms with Gasteiger partial charge in [-0.3, -0.25) is 0 Å². The Hall–Kier alpha value is -2.11. The van der Waals surface area contributed by atoms with Crippen LogP contribution in [0.2, 0.25) is 0 Å². The quantitative estimate of drug-likeness (QED) is 0.446. The van der Waals surface area contributed by atoms with Gasteiger partial charge in [-0.15, -0.1) is 0 Å². The molecule has 5 nitrogen and oxygen atoms in total. The molecular formula is C26H36O5. The van der Waals surface area contributed by atoms with Crippen molar-refractivity contribution in [1.82, 2.24) is 0 Å². The van der Waals surface area contributed by atoms with Crippen LogP contribution in [0.15, 0.2) is 30.4 Å². The largest absolute Gasteiger partial charge is 0.494 e. The van der Waals surface area contributed by atoms with Gasteiger partial charge in [0.25, 0.3) is 0 Å². The highest BCUT2D eigenvalue weighted by Gasteiger charge is 2.42. The highest BCUT2D eigenvalue weighted by Crippen LogP contribution is 2.35. The van der Waals surface area contributed by atoms with Crippen LogP contribution in [-0.2, 0) is 14.2 Å². The maximum absolute atomic E-state index is 13.1. The van der Waals surface area contributed by atoms with Crippen LogP contribution in [0.4, 0.5) is 0 Å². The highest BCUT2D eigenvalue weighted by atomic mass is 16.8. The molecule has 5 heteroatoms. The van der Waals surface area contributed by atoms with Gasteiger partial charge in [0, 0.05) is 11.8 Å². The second kappa shape index (κ2) is 9.58. The first kappa shape index (κ1) is 23.6. The Labute approximate surface area is 186 Å².